The van der Waals surface area contributed by atoms with Crippen LogP contribution in [0.1, 0.15) is 38.3 Å². The molecule has 13 heteroatoms. The van der Waals surface area contributed by atoms with E-state index in [-0.39, 0.29) is 28.8 Å². The Bertz CT molecular complexity index is 1970. The summed E-state index contributed by atoms with van der Waals surface area (Å²) in [5.41, 5.74) is 0.271. The average Bonchev–Trinajstić information content (AvgIpc) is 3.65. The van der Waals surface area contributed by atoms with Gasteiger partial charge in [0.1, 0.15) is 5.69 Å². The second-order valence-corrected chi connectivity index (χ2v) is 10.8. The van der Waals surface area contributed by atoms with E-state index in [1.165, 1.54) is 25.3 Å². The Balaban J connectivity index is 1.50. The summed E-state index contributed by atoms with van der Waals surface area (Å²) in [6.07, 6.45) is 1.71. The summed E-state index contributed by atoms with van der Waals surface area (Å²) in [7, 11) is 1.80. The van der Waals surface area contributed by atoms with Crippen LogP contribution in [0.25, 0.3) is 5.65 Å². The number of benzene rings is 2. The highest BCUT2D eigenvalue weighted by Crippen LogP contribution is 2.41. The molecule has 0 radical (unpaired) electrons. The van der Waals surface area contributed by atoms with Crippen LogP contribution in [-0.2, 0) is 24.5 Å². The molecule has 0 spiro atoms. The van der Waals surface area contributed by atoms with Crippen LogP contribution in [0, 0.1) is 24.6 Å². The number of amides is 1. The van der Waals surface area contributed by atoms with E-state index >= 15 is 4.39 Å². The summed E-state index contributed by atoms with van der Waals surface area (Å²) >= 11 is 0. The van der Waals surface area contributed by atoms with Gasteiger partial charge in [-0.25, -0.2) is 9.37 Å². The number of carbonyl (C=O) groups is 1. The number of carbonyl (C=O) groups excluding carboxylic acids is 1. The minimum atomic E-state index is -5.02. The Labute approximate surface area is 261 Å². The van der Waals surface area contributed by atoms with E-state index in [0.29, 0.717) is 43.3 Å². The molecule has 0 aliphatic carbocycles. The van der Waals surface area contributed by atoms with E-state index in [9.17, 15) is 18.0 Å². The van der Waals surface area contributed by atoms with Gasteiger partial charge in [-0.15, -0.1) is 0 Å². The molecule has 3 aromatic heterocycles. The van der Waals surface area contributed by atoms with Crippen LogP contribution in [0.3, 0.4) is 0 Å². The van der Waals surface area contributed by atoms with Gasteiger partial charge in [0.2, 0.25) is 0 Å². The van der Waals surface area contributed by atoms with Crippen LogP contribution in [0.4, 0.5) is 34.6 Å². The number of morpholine rings is 1. The number of imidazole rings is 1. The molecule has 0 saturated carbocycles. The summed E-state index contributed by atoms with van der Waals surface area (Å²) in [6.45, 7) is 3.03. The standard InChI is InChI=1S/C33H29F4N7O2/c1-21-26(20-43-13-15-46-16-14-43)25(30(29(34)28(21)33(35,36)37)41-32(45)22-7-4-3-5-8-22)11-10-24-18-38-31-27(9-6-12-44(24)31)40-23-17-39-42(2)19-23/h3-9,12,17-19,40H,13-16,20H2,1-2H3,(H,41,45). The van der Waals surface area contributed by atoms with E-state index in [0.717, 1.165) is 5.69 Å². The fourth-order valence-electron chi connectivity index (χ4n) is 5.41. The van der Waals surface area contributed by atoms with E-state index in [4.69, 9.17) is 4.74 Å². The van der Waals surface area contributed by atoms with Crippen molar-refractivity contribution in [2.45, 2.75) is 19.6 Å². The van der Waals surface area contributed by atoms with Crippen molar-refractivity contribution in [2.75, 3.05) is 36.9 Å². The zero-order chi connectivity index (χ0) is 32.4. The molecule has 2 N–H and O–H groups in total. The van der Waals surface area contributed by atoms with Crippen LogP contribution < -0.4 is 10.6 Å². The fourth-order valence-corrected chi connectivity index (χ4v) is 5.41. The largest absolute Gasteiger partial charge is 0.419 e. The monoisotopic (exact) mass is 631 g/mol. The molecule has 0 atom stereocenters. The van der Waals surface area contributed by atoms with Crippen molar-refractivity contribution in [1.29, 1.82) is 0 Å². The first-order valence-electron chi connectivity index (χ1n) is 14.4. The van der Waals surface area contributed by atoms with Gasteiger partial charge in [0.25, 0.3) is 5.91 Å². The first kappa shape index (κ1) is 30.8. The molecule has 0 unspecified atom stereocenters. The molecule has 4 heterocycles. The number of anilines is 3. The number of aromatic nitrogens is 4. The van der Waals surface area contributed by atoms with E-state index < -0.39 is 29.2 Å². The van der Waals surface area contributed by atoms with Gasteiger partial charge in [0, 0.05) is 44.6 Å². The first-order valence-corrected chi connectivity index (χ1v) is 14.4. The zero-order valence-electron chi connectivity index (χ0n) is 25.0. The quantitative estimate of drug-likeness (QED) is 0.183. The summed E-state index contributed by atoms with van der Waals surface area (Å²) in [6, 6.07) is 11.5. The van der Waals surface area contributed by atoms with Crippen molar-refractivity contribution in [3.05, 3.63) is 107 Å². The number of nitrogens with zero attached hydrogens (tertiary/aromatic N) is 5. The molecular weight excluding hydrogens is 602 g/mol. The van der Waals surface area contributed by atoms with Gasteiger partial charge in [-0.2, -0.15) is 18.3 Å². The maximum atomic E-state index is 16.0. The lowest BCUT2D eigenvalue weighted by Crippen LogP contribution is -2.36. The van der Waals surface area contributed by atoms with Crippen molar-refractivity contribution in [3.63, 3.8) is 0 Å². The van der Waals surface area contributed by atoms with Gasteiger partial charge >= 0.3 is 6.18 Å². The van der Waals surface area contributed by atoms with Crippen LogP contribution in [0.5, 0.6) is 0 Å². The molecule has 1 fully saturated rings. The second-order valence-electron chi connectivity index (χ2n) is 10.8. The Morgan fingerprint density at radius 2 is 1.83 bits per heavy atom. The molecule has 1 saturated heterocycles. The third-order valence-electron chi connectivity index (χ3n) is 7.70. The summed E-state index contributed by atoms with van der Waals surface area (Å²) in [5.74, 6) is 3.56. The highest BCUT2D eigenvalue weighted by molar-refractivity contribution is 6.05. The highest BCUT2D eigenvalue weighted by Gasteiger charge is 2.40. The van der Waals surface area contributed by atoms with Crippen LogP contribution in [0.2, 0.25) is 0 Å². The smallest absolute Gasteiger partial charge is 0.379 e. The molecule has 2 aromatic carbocycles. The SMILES string of the molecule is Cc1c(CN2CCOCC2)c(C#Cc2cnc3c(Nc4cnn(C)c4)cccn23)c(NC(=O)c2ccccc2)c(F)c1C(F)(F)F. The van der Waals surface area contributed by atoms with Crippen molar-refractivity contribution in [1.82, 2.24) is 24.1 Å². The number of aryl methyl sites for hydroxylation is 1. The summed E-state index contributed by atoms with van der Waals surface area (Å²) < 4.78 is 67.9. The number of ether oxygens (including phenoxy) is 1. The number of hydrogen-bond acceptors (Lipinski definition) is 6. The second kappa shape index (κ2) is 12.7. The first-order chi connectivity index (χ1) is 22.1. The maximum Gasteiger partial charge on any atom is 0.419 e. The summed E-state index contributed by atoms with van der Waals surface area (Å²) in [4.78, 5) is 19.6. The minimum absolute atomic E-state index is 0.0432. The molecule has 1 aliphatic heterocycles. The molecule has 5 aromatic rings. The Kier molecular flexibility index (Phi) is 8.48. The van der Waals surface area contributed by atoms with Crippen molar-refractivity contribution < 1.29 is 27.1 Å². The number of nitrogens with one attached hydrogen (secondary N) is 2. The van der Waals surface area contributed by atoms with E-state index in [1.54, 1.807) is 59.0 Å². The molecule has 46 heavy (non-hydrogen) atoms. The Morgan fingerprint density at radius 1 is 1.07 bits per heavy atom. The number of pyridine rings is 1. The lowest BCUT2D eigenvalue weighted by atomic mass is 9.93. The van der Waals surface area contributed by atoms with Crippen molar-refractivity contribution >= 4 is 28.6 Å². The lowest BCUT2D eigenvalue weighted by molar-refractivity contribution is -0.140. The van der Waals surface area contributed by atoms with Gasteiger partial charge in [-0.1, -0.05) is 24.1 Å². The highest BCUT2D eigenvalue weighted by atomic mass is 19.4. The summed E-state index contributed by atoms with van der Waals surface area (Å²) in [5, 5.41) is 9.83. The zero-order valence-corrected chi connectivity index (χ0v) is 25.0. The van der Waals surface area contributed by atoms with Gasteiger partial charge in [0.05, 0.1) is 53.8 Å². The third kappa shape index (κ3) is 6.30. The van der Waals surface area contributed by atoms with E-state index in [2.05, 4.69) is 32.6 Å². The van der Waals surface area contributed by atoms with Gasteiger partial charge in [0.15, 0.2) is 11.5 Å². The predicted molar refractivity (Wildman–Crippen MR) is 164 cm³/mol. The fraction of sp³-hybridized carbons (Fsp3) is 0.242. The Hall–Kier alpha value is -5.19. The number of fused-ring (bicyclic) bond motifs is 1. The van der Waals surface area contributed by atoms with Crippen LogP contribution >= 0.6 is 0 Å². The molecule has 9 nitrogen and oxygen atoms in total. The molecule has 0 bridgehead atoms. The van der Waals surface area contributed by atoms with Gasteiger partial charge in [-0.05, 0) is 48.2 Å². The number of alkyl halides is 3. The van der Waals surface area contributed by atoms with E-state index in [1.807, 2.05) is 11.0 Å². The third-order valence-corrected chi connectivity index (χ3v) is 7.70. The van der Waals surface area contributed by atoms with Gasteiger partial charge < -0.3 is 15.4 Å². The molecular formula is C33H29F4N7O2. The molecule has 1 aliphatic rings. The Morgan fingerprint density at radius 3 is 2.52 bits per heavy atom. The van der Waals surface area contributed by atoms with Crippen molar-refractivity contribution in [3.8, 4) is 11.8 Å². The van der Waals surface area contributed by atoms with Crippen LogP contribution in [-0.4, -0.2) is 56.3 Å². The van der Waals surface area contributed by atoms with Crippen molar-refractivity contribution in [2.24, 2.45) is 7.05 Å². The predicted octanol–water partition coefficient (Wildman–Crippen LogP) is 5.76. The maximum absolute atomic E-state index is 16.0. The normalized spacial score (nSPS) is 13.8. The number of rotatable bonds is 6. The number of hydrogen-bond donors (Lipinski definition) is 2. The molecule has 236 valence electrons. The number of halogens is 4. The molecule has 6 rings (SSSR count). The minimum Gasteiger partial charge on any atom is -0.379 e. The topological polar surface area (TPSA) is 88.7 Å². The van der Waals surface area contributed by atoms with Crippen LogP contribution in [0.15, 0.2) is 67.3 Å². The van der Waals surface area contributed by atoms with Gasteiger partial charge in [-0.3, -0.25) is 18.8 Å². The lowest BCUT2D eigenvalue weighted by Gasteiger charge is -2.29. The molecule has 1 amide bonds. The average molecular weight is 632 g/mol.